The summed E-state index contributed by atoms with van der Waals surface area (Å²) in [5.74, 6) is 0.857. The second-order valence-corrected chi connectivity index (χ2v) is 26.0. The number of benzene rings is 4. The van der Waals surface area contributed by atoms with E-state index in [4.69, 9.17) is 15.0 Å². The topological polar surface area (TPSA) is 279 Å². The largest absolute Gasteiger partial charge is 0.332 e. The van der Waals surface area contributed by atoms with Gasteiger partial charge in [-0.15, -0.1) is 0 Å². The molecule has 7 aromatic rings. The molecule has 0 aliphatic rings. The van der Waals surface area contributed by atoms with Gasteiger partial charge in [0.05, 0.1) is 57.8 Å². The molecule has 3 heterocycles. The van der Waals surface area contributed by atoms with Crippen molar-refractivity contribution in [3.63, 3.8) is 0 Å². The maximum atomic E-state index is 13.2. The van der Waals surface area contributed by atoms with E-state index in [1.165, 1.54) is 0 Å². The molecule has 0 spiro atoms. The van der Waals surface area contributed by atoms with Gasteiger partial charge >= 0.3 is 30.4 Å². The van der Waals surface area contributed by atoms with Gasteiger partial charge in [0.25, 0.3) is 0 Å². The number of fused-ring (bicyclic) bond motifs is 2. The molecule has 4 unspecified atom stereocenters. The average Bonchev–Trinajstić information content (AvgIpc) is 3.86. The molecule has 0 aliphatic carbocycles. The molecule has 4 aromatic carbocycles. The molecule has 17 nitrogen and oxygen atoms in total. The van der Waals surface area contributed by atoms with E-state index in [2.05, 4.69) is 0 Å². The third kappa shape index (κ3) is 10.2. The Morgan fingerprint density at radius 3 is 0.944 bits per heavy atom. The molecule has 0 radical (unpaired) electrons. The molecule has 0 amide bonds. The maximum Gasteiger partial charge on any atom is 0.332 e. The molecule has 0 aliphatic heterocycles. The molecule has 7 rings (SSSR count). The summed E-state index contributed by atoms with van der Waals surface area (Å²) in [6, 6.07) is 20.3. The fraction of sp³-hybridized carbons (Fsp3) is 0.392. The quantitative estimate of drug-likeness (QED) is 0.0371. The smallest absolute Gasteiger partial charge is 0.324 e. The first-order chi connectivity index (χ1) is 33.6. The minimum absolute atomic E-state index is 0.0754. The van der Waals surface area contributed by atoms with Crippen molar-refractivity contribution >= 4 is 52.4 Å². The number of pyridine rings is 1. The molecule has 0 fully saturated rings. The summed E-state index contributed by atoms with van der Waals surface area (Å²) in [5.41, 5.74) is 4.52. The van der Waals surface area contributed by atoms with Crippen LogP contribution in [0.5, 0.6) is 0 Å². The fourth-order valence-electron chi connectivity index (χ4n) is 11.4. The Kier molecular flexibility index (Phi) is 15.9. The van der Waals surface area contributed by atoms with Crippen LogP contribution in [0.4, 0.5) is 0 Å². The summed E-state index contributed by atoms with van der Waals surface area (Å²) in [4.78, 5) is 101. The van der Waals surface area contributed by atoms with Crippen molar-refractivity contribution in [2.24, 2.45) is 0 Å². The second-order valence-electron chi connectivity index (χ2n) is 18.8. The highest BCUT2D eigenvalue weighted by Crippen LogP contribution is 2.62. The number of hydrogen-bond donors (Lipinski definition) is 8. The van der Waals surface area contributed by atoms with Crippen LogP contribution in [0.2, 0.25) is 0 Å². The van der Waals surface area contributed by atoms with Crippen LogP contribution in [-0.4, -0.2) is 63.2 Å². The molecule has 0 bridgehead atoms. The van der Waals surface area contributed by atoms with Crippen molar-refractivity contribution in [2.45, 2.75) is 131 Å². The molecular formula is C51H65N5O12P4. The normalized spacial score (nSPS) is 14.6. The van der Waals surface area contributed by atoms with E-state index in [9.17, 15) is 57.4 Å². The summed E-state index contributed by atoms with van der Waals surface area (Å²) >= 11 is 0. The SMILES string of the molecule is CCC(c1c(C)c(Cn2c(-c3cccc(-c4nc5ccccc5n4Cc4c(C)c(C(CC)P(=O)(O)O)c(C)c(C(CC)P(=O)(O)O)c4C)n3)nc3ccccc32)c(C)c(C(CC)P(=O)(O)O)c1C)P(=O)(O)O. The lowest BCUT2D eigenvalue weighted by atomic mass is 9.84. The summed E-state index contributed by atoms with van der Waals surface area (Å²) in [7, 11) is -19.0. The molecule has 0 saturated carbocycles. The van der Waals surface area contributed by atoms with Crippen LogP contribution in [0.15, 0.2) is 66.7 Å². The minimum atomic E-state index is -4.76. The maximum absolute atomic E-state index is 13.2. The van der Waals surface area contributed by atoms with Crippen LogP contribution in [-0.2, 0) is 31.3 Å². The third-order valence-electron chi connectivity index (χ3n) is 14.7. The Hall–Kier alpha value is -4.43. The van der Waals surface area contributed by atoms with Crippen molar-refractivity contribution < 1.29 is 57.4 Å². The average molecular weight is 1060 g/mol. The zero-order valence-electron chi connectivity index (χ0n) is 42.1. The fourth-order valence-corrected chi connectivity index (χ4v) is 16.2. The van der Waals surface area contributed by atoms with Crippen molar-refractivity contribution in [2.75, 3.05) is 0 Å². The van der Waals surface area contributed by atoms with Gasteiger partial charge in [0.2, 0.25) is 0 Å². The first kappa shape index (κ1) is 55.3. The van der Waals surface area contributed by atoms with E-state index in [1.54, 1.807) is 81.4 Å². The number of aromatic nitrogens is 5. The van der Waals surface area contributed by atoms with Crippen molar-refractivity contribution in [3.8, 4) is 23.0 Å². The highest BCUT2D eigenvalue weighted by molar-refractivity contribution is 7.53. The number of para-hydroxylation sites is 4. The summed E-state index contributed by atoms with van der Waals surface area (Å²) < 4.78 is 56.5. The van der Waals surface area contributed by atoms with Gasteiger partial charge in [-0.2, -0.15) is 0 Å². The predicted molar refractivity (Wildman–Crippen MR) is 282 cm³/mol. The van der Waals surface area contributed by atoms with Gasteiger partial charge in [-0.25, -0.2) is 15.0 Å². The Morgan fingerprint density at radius 2 is 0.681 bits per heavy atom. The summed E-state index contributed by atoms with van der Waals surface area (Å²) in [5, 5.41) is 0. The lowest BCUT2D eigenvalue weighted by Gasteiger charge is -2.31. The Labute approximate surface area is 419 Å². The van der Waals surface area contributed by atoms with Crippen LogP contribution < -0.4 is 0 Å². The van der Waals surface area contributed by atoms with Crippen molar-refractivity contribution in [1.82, 2.24) is 24.1 Å². The predicted octanol–water partition coefficient (Wildman–Crippen LogP) is 11.6. The lowest BCUT2D eigenvalue weighted by Crippen LogP contribution is -2.16. The standard InChI is InChI=1S/C51H65N5O12P4/c1-11-42(69(57,58)59)46-28(5)34(29(6)47(32(46)9)43(12-2)70(60,61)62)26-55-40-24-17-15-20-36(40)53-50(55)38-22-19-23-39(52-38)51-54-37-21-16-18-25-41(37)56(51)27-35-30(7)48(44(13-3)71(63,64)65)33(10)49(31(35)8)45(14-4)72(66,67)68/h15-25,42-45H,11-14,26-27H2,1-10H3,(H2,57,58,59)(H2,60,61,62)(H2,63,64,65)(H2,66,67,68). The Bertz CT molecular complexity index is 3100. The third-order valence-corrected chi connectivity index (χ3v) is 20.4. The number of imidazole rings is 2. The number of rotatable bonds is 18. The molecular weight excluding hydrogens is 998 g/mol. The first-order valence-electron chi connectivity index (χ1n) is 24.0. The zero-order valence-corrected chi connectivity index (χ0v) is 45.7. The van der Waals surface area contributed by atoms with Crippen LogP contribution in [0.1, 0.15) is 143 Å². The minimum Gasteiger partial charge on any atom is -0.324 e. The van der Waals surface area contributed by atoms with Crippen LogP contribution in [0.3, 0.4) is 0 Å². The first-order valence-corrected chi connectivity index (χ1v) is 30.7. The van der Waals surface area contributed by atoms with E-state index < -0.39 is 53.0 Å². The summed E-state index contributed by atoms with van der Waals surface area (Å²) in [6.07, 6.45) is 0.302. The highest BCUT2D eigenvalue weighted by atomic mass is 31.2. The van der Waals surface area contributed by atoms with Gasteiger partial charge in [0, 0.05) is 0 Å². The van der Waals surface area contributed by atoms with Gasteiger partial charge in [0.15, 0.2) is 11.6 Å². The highest BCUT2D eigenvalue weighted by Gasteiger charge is 2.40. The van der Waals surface area contributed by atoms with E-state index in [1.807, 2.05) is 63.7 Å². The lowest BCUT2D eigenvalue weighted by molar-refractivity contribution is 0.353. The van der Waals surface area contributed by atoms with Crippen LogP contribution in [0.25, 0.3) is 45.1 Å². The van der Waals surface area contributed by atoms with Gasteiger partial charge in [0.1, 0.15) is 11.4 Å². The van der Waals surface area contributed by atoms with Gasteiger partial charge in [-0.1, -0.05) is 58.0 Å². The van der Waals surface area contributed by atoms with E-state index in [0.717, 1.165) is 0 Å². The Morgan fingerprint density at radius 1 is 0.403 bits per heavy atom. The number of nitrogens with zero attached hydrogens (tertiary/aromatic N) is 5. The molecule has 21 heteroatoms. The Balaban J connectivity index is 1.47. The molecule has 72 heavy (non-hydrogen) atoms. The summed E-state index contributed by atoms with van der Waals surface area (Å²) in [6.45, 7) is 17.4. The number of hydrogen-bond acceptors (Lipinski definition) is 7. The second kappa shape index (κ2) is 20.7. The molecule has 386 valence electrons. The molecule has 8 N–H and O–H groups in total. The van der Waals surface area contributed by atoms with Gasteiger partial charge in [-0.05, 0) is 170 Å². The van der Waals surface area contributed by atoms with Crippen molar-refractivity contribution in [1.29, 1.82) is 0 Å². The zero-order chi connectivity index (χ0) is 53.2. The van der Waals surface area contributed by atoms with Crippen LogP contribution in [0, 0.1) is 41.5 Å². The van der Waals surface area contributed by atoms with Crippen LogP contribution >= 0.6 is 30.4 Å². The van der Waals surface area contributed by atoms with Gasteiger partial charge < -0.3 is 48.3 Å². The molecule has 0 saturated heterocycles. The molecule has 3 aromatic heterocycles. The van der Waals surface area contributed by atoms with E-state index >= 15 is 0 Å². The monoisotopic (exact) mass is 1060 g/mol. The van der Waals surface area contributed by atoms with E-state index in [0.29, 0.717) is 112 Å². The molecule has 4 atom stereocenters. The van der Waals surface area contributed by atoms with Gasteiger partial charge in [-0.3, -0.25) is 18.3 Å². The van der Waals surface area contributed by atoms with E-state index in [-0.39, 0.29) is 38.8 Å². The van der Waals surface area contributed by atoms with Crippen molar-refractivity contribution in [3.05, 3.63) is 133 Å².